The summed E-state index contributed by atoms with van der Waals surface area (Å²) in [4.78, 5) is 25.8. The molecule has 0 aromatic heterocycles. The number of aliphatic hydroxyl groups is 2. The lowest BCUT2D eigenvalue weighted by Crippen LogP contribution is -2.57. The molecule has 0 saturated carbocycles. The van der Waals surface area contributed by atoms with Crippen molar-refractivity contribution < 1.29 is 34.0 Å². The van der Waals surface area contributed by atoms with Crippen LogP contribution >= 0.6 is 0 Å². The Morgan fingerprint density at radius 2 is 2.00 bits per heavy atom. The summed E-state index contributed by atoms with van der Waals surface area (Å²) in [5.41, 5.74) is -0.107. The molecule has 0 spiro atoms. The van der Waals surface area contributed by atoms with Gasteiger partial charge < -0.3 is 24.4 Å². The molecule has 2 heterocycles. The van der Waals surface area contributed by atoms with Crippen molar-refractivity contribution in [2.24, 2.45) is 0 Å². The van der Waals surface area contributed by atoms with Gasteiger partial charge in [-0.25, -0.2) is 9.59 Å². The van der Waals surface area contributed by atoms with Crippen molar-refractivity contribution in [2.75, 3.05) is 6.61 Å². The Balaban J connectivity index is 1.72. The molecule has 8 heteroatoms. The van der Waals surface area contributed by atoms with Crippen LogP contribution in [0.4, 0.5) is 4.79 Å². The molecule has 4 atom stereocenters. The number of cyclic esters (lactones) is 1. The van der Waals surface area contributed by atoms with Gasteiger partial charge in [-0.05, 0) is 19.4 Å². The Morgan fingerprint density at radius 3 is 2.65 bits per heavy atom. The van der Waals surface area contributed by atoms with E-state index in [1.165, 1.54) is 4.90 Å². The Bertz CT molecular complexity index is 663. The zero-order valence-corrected chi connectivity index (χ0v) is 14.7. The van der Waals surface area contributed by atoms with Crippen molar-refractivity contribution in [3.8, 4) is 0 Å². The van der Waals surface area contributed by atoms with Crippen LogP contribution in [0.1, 0.15) is 25.8 Å². The first-order valence-corrected chi connectivity index (χ1v) is 8.50. The molecule has 0 radical (unpaired) electrons. The van der Waals surface area contributed by atoms with Gasteiger partial charge >= 0.3 is 12.1 Å². The van der Waals surface area contributed by atoms with Crippen LogP contribution in [0.5, 0.6) is 0 Å². The molecule has 2 N–H and O–H groups in total. The fraction of sp³-hybridized carbons (Fsp3) is 0.556. The molecule has 3 rings (SSSR count). The second kappa shape index (κ2) is 7.22. The Kier molecular flexibility index (Phi) is 5.17. The molecule has 1 aromatic rings. The normalized spacial score (nSPS) is 30.8. The highest BCUT2D eigenvalue weighted by atomic mass is 16.6. The van der Waals surface area contributed by atoms with Gasteiger partial charge in [-0.1, -0.05) is 30.3 Å². The van der Waals surface area contributed by atoms with Crippen LogP contribution in [-0.4, -0.2) is 63.9 Å². The summed E-state index contributed by atoms with van der Waals surface area (Å²) < 4.78 is 16.3. The second-order valence-electron chi connectivity index (χ2n) is 6.96. The first-order chi connectivity index (χ1) is 12.3. The van der Waals surface area contributed by atoms with E-state index in [2.05, 4.69) is 0 Å². The summed E-state index contributed by atoms with van der Waals surface area (Å²) in [5, 5.41) is 19.4. The number of aliphatic hydroxyl groups excluding tert-OH is 2. The van der Waals surface area contributed by atoms with E-state index in [0.29, 0.717) is 0 Å². The van der Waals surface area contributed by atoms with E-state index in [1.807, 2.05) is 30.3 Å². The molecule has 142 valence electrons. The van der Waals surface area contributed by atoms with Crippen LogP contribution in [0.3, 0.4) is 0 Å². The maximum absolute atomic E-state index is 12.7. The SMILES string of the molecule is CC1(C)OC[C@H]([C@@H]2C[C@@H](O)[C@@H](O)C(=O)O2)N1C(=O)OCc1ccccc1. The molecule has 2 aliphatic heterocycles. The minimum absolute atomic E-state index is 0.0134. The summed E-state index contributed by atoms with van der Waals surface area (Å²) >= 11 is 0. The number of hydrogen-bond donors (Lipinski definition) is 2. The van der Waals surface area contributed by atoms with Crippen molar-refractivity contribution >= 4 is 12.1 Å². The average molecular weight is 365 g/mol. The number of hydrogen-bond acceptors (Lipinski definition) is 7. The van der Waals surface area contributed by atoms with Crippen LogP contribution in [-0.2, 0) is 25.6 Å². The third kappa shape index (κ3) is 3.67. The lowest BCUT2D eigenvalue weighted by Gasteiger charge is -2.38. The Labute approximate surface area is 151 Å². The predicted molar refractivity (Wildman–Crippen MR) is 88.8 cm³/mol. The molecule has 1 aromatic carbocycles. The highest BCUT2D eigenvalue weighted by Crippen LogP contribution is 2.33. The van der Waals surface area contributed by atoms with Gasteiger partial charge in [0, 0.05) is 6.42 Å². The Hall–Kier alpha value is -2.16. The molecule has 2 saturated heterocycles. The van der Waals surface area contributed by atoms with Crippen LogP contribution < -0.4 is 0 Å². The monoisotopic (exact) mass is 365 g/mol. The fourth-order valence-electron chi connectivity index (χ4n) is 3.28. The maximum Gasteiger partial charge on any atom is 0.412 e. The van der Waals surface area contributed by atoms with E-state index < -0.39 is 42.1 Å². The lowest BCUT2D eigenvalue weighted by atomic mass is 9.97. The summed E-state index contributed by atoms with van der Waals surface area (Å²) in [5.74, 6) is -0.906. The number of nitrogens with zero attached hydrogens (tertiary/aromatic N) is 1. The number of carbonyl (C=O) groups excluding carboxylic acids is 2. The smallest absolute Gasteiger partial charge is 0.412 e. The number of ether oxygens (including phenoxy) is 3. The van der Waals surface area contributed by atoms with Crippen LogP contribution in [0.2, 0.25) is 0 Å². The third-order valence-corrected chi connectivity index (χ3v) is 4.70. The largest absolute Gasteiger partial charge is 0.458 e. The highest BCUT2D eigenvalue weighted by molar-refractivity contribution is 5.76. The summed E-state index contributed by atoms with van der Waals surface area (Å²) in [6.45, 7) is 3.67. The minimum atomic E-state index is -1.57. The molecule has 0 bridgehead atoms. The number of rotatable bonds is 3. The van der Waals surface area contributed by atoms with E-state index in [9.17, 15) is 19.8 Å². The molecule has 0 aliphatic carbocycles. The number of esters is 1. The van der Waals surface area contributed by atoms with E-state index in [4.69, 9.17) is 14.2 Å². The lowest BCUT2D eigenvalue weighted by molar-refractivity contribution is -0.183. The molecular weight excluding hydrogens is 342 g/mol. The van der Waals surface area contributed by atoms with Crippen molar-refractivity contribution in [2.45, 2.75) is 57.0 Å². The number of benzene rings is 1. The molecule has 2 aliphatic rings. The minimum Gasteiger partial charge on any atom is -0.458 e. The standard InChI is InChI=1S/C18H23NO7/c1-18(2)19(17(23)24-9-11-6-4-3-5-7-11)12(10-25-18)14-8-13(20)15(21)16(22)26-14/h3-7,12-15,20-21H,8-10H2,1-2H3/t12-,13-,14+,15-/m1/s1. The van der Waals surface area contributed by atoms with Crippen LogP contribution in [0.25, 0.3) is 0 Å². The van der Waals surface area contributed by atoms with Gasteiger partial charge in [-0.15, -0.1) is 0 Å². The van der Waals surface area contributed by atoms with Crippen molar-refractivity contribution in [1.82, 2.24) is 4.90 Å². The number of carbonyl (C=O) groups is 2. The summed E-state index contributed by atoms with van der Waals surface area (Å²) in [6, 6.07) is 8.65. The van der Waals surface area contributed by atoms with Gasteiger partial charge in [-0.2, -0.15) is 0 Å². The van der Waals surface area contributed by atoms with Crippen molar-refractivity contribution in [3.63, 3.8) is 0 Å². The Morgan fingerprint density at radius 1 is 1.31 bits per heavy atom. The average Bonchev–Trinajstić information content (AvgIpc) is 2.93. The first kappa shape index (κ1) is 18.6. The van der Waals surface area contributed by atoms with Gasteiger partial charge in [0.15, 0.2) is 6.10 Å². The van der Waals surface area contributed by atoms with Gasteiger partial charge in [-0.3, -0.25) is 4.90 Å². The van der Waals surface area contributed by atoms with Gasteiger partial charge in [0.1, 0.15) is 18.4 Å². The second-order valence-corrected chi connectivity index (χ2v) is 6.96. The zero-order chi connectivity index (χ0) is 18.9. The van der Waals surface area contributed by atoms with Gasteiger partial charge in [0.05, 0.1) is 18.8 Å². The van der Waals surface area contributed by atoms with Crippen molar-refractivity contribution in [1.29, 1.82) is 0 Å². The van der Waals surface area contributed by atoms with E-state index in [-0.39, 0.29) is 19.6 Å². The fourth-order valence-corrected chi connectivity index (χ4v) is 3.28. The topological polar surface area (TPSA) is 106 Å². The van der Waals surface area contributed by atoms with Crippen LogP contribution in [0, 0.1) is 0 Å². The molecule has 8 nitrogen and oxygen atoms in total. The quantitative estimate of drug-likeness (QED) is 0.763. The van der Waals surface area contributed by atoms with Crippen LogP contribution in [0.15, 0.2) is 30.3 Å². The third-order valence-electron chi connectivity index (χ3n) is 4.70. The highest BCUT2D eigenvalue weighted by Gasteiger charge is 2.51. The van der Waals surface area contributed by atoms with E-state index in [1.54, 1.807) is 13.8 Å². The molecule has 1 amide bonds. The zero-order valence-electron chi connectivity index (χ0n) is 14.7. The van der Waals surface area contributed by atoms with E-state index in [0.717, 1.165) is 5.56 Å². The molecular formula is C18H23NO7. The van der Waals surface area contributed by atoms with Gasteiger partial charge in [0.25, 0.3) is 0 Å². The maximum atomic E-state index is 12.7. The number of amides is 1. The van der Waals surface area contributed by atoms with Crippen molar-refractivity contribution in [3.05, 3.63) is 35.9 Å². The molecule has 2 fully saturated rings. The van der Waals surface area contributed by atoms with E-state index >= 15 is 0 Å². The summed E-state index contributed by atoms with van der Waals surface area (Å²) in [6.07, 6.45) is -4.18. The molecule has 0 unspecified atom stereocenters. The summed E-state index contributed by atoms with van der Waals surface area (Å²) in [7, 11) is 0. The first-order valence-electron chi connectivity index (χ1n) is 8.50. The molecule has 26 heavy (non-hydrogen) atoms. The predicted octanol–water partition coefficient (Wildman–Crippen LogP) is 0.797. The van der Waals surface area contributed by atoms with Gasteiger partial charge in [0.2, 0.25) is 0 Å².